The van der Waals surface area contributed by atoms with Gasteiger partial charge in [-0.3, -0.25) is 0 Å². The molecule has 7 heteroatoms. The number of rotatable bonds is 6. The van der Waals surface area contributed by atoms with Crippen LogP contribution in [-0.4, -0.2) is 9.97 Å². The lowest BCUT2D eigenvalue weighted by Gasteiger charge is -2.10. The molecule has 29 heavy (non-hydrogen) atoms. The summed E-state index contributed by atoms with van der Waals surface area (Å²) in [5.41, 5.74) is 1.84. The zero-order valence-electron chi connectivity index (χ0n) is 16.3. The smallest absolute Gasteiger partial charge is 0.416 e. The maximum absolute atomic E-state index is 12.9. The highest BCUT2D eigenvalue weighted by Gasteiger charge is 2.30. The average molecular weight is 418 g/mol. The lowest BCUT2D eigenvalue weighted by atomic mass is 10.0. The molecular weight excluding hydrogens is 397 g/mol. The van der Waals surface area contributed by atoms with Gasteiger partial charge in [0.15, 0.2) is 5.16 Å². The Labute approximate surface area is 172 Å². The van der Waals surface area contributed by atoms with Crippen LogP contribution >= 0.6 is 11.8 Å². The lowest BCUT2D eigenvalue weighted by Crippen LogP contribution is -2.05. The summed E-state index contributed by atoms with van der Waals surface area (Å²) in [6.45, 7) is 6.07. The maximum Gasteiger partial charge on any atom is 0.416 e. The molecule has 0 aliphatic rings. The molecule has 3 aromatic rings. The third-order valence-electron chi connectivity index (χ3n) is 4.20. The zero-order chi connectivity index (χ0) is 21.0. The summed E-state index contributed by atoms with van der Waals surface area (Å²) in [5, 5.41) is 0.455. The first kappa shape index (κ1) is 21.2. The van der Waals surface area contributed by atoms with Crippen molar-refractivity contribution in [2.24, 2.45) is 0 Å². The van der Waals surface area contributed by atoms with Crippen molar-refractivity contribution in [1.29, 1.82) is 0 Å². The van der Waals surface area contributed by atoms with Crippen LogP contribution in [0.15, 0.2) is 59.8 Å². The summed E-state index contributed by atoms with van der Waals surface area (Å²) in [7, 11) is 0. The van der Waals surface area contributed by atoms with Gasteiger partial charge in [0.1, 0.15) is 5.75 Å². The standard InChI is InChI=1S/C22H21F3N2OS/c1-14(2)17-7-9-19(10-8-17)28-20-11-15(3)26-21(27-20)29-13-16-5-4-6-18(12-16)22(23,24)25/h4-12,14H,13H2,1-3H3. The molecule has 0 fully saturated rings. The molecule has 0 aliphatic carbocycles. The van der Waals surface area contributed by atoms with Gasteiger partial charge in [0.2, 0.25) is 5.88 Å². The fraction of sp³-hybridized carbons (Fsp3) is 0.273. The second kappa shape index (κ2) is 8.86. The molecule has 0 N–H and O–H groups in total. The van der Waals surface area contributed by atoms with Crippen LogP contribution in [-0.2, 0) is 11.9 Å². The second-order valence-corrected chi connectivity index (χ2v) is 7.89. The number of nitrogens with zero attached hydrogens (tertiary/aromatic N) is 2. The number of alkyl halides is 3. The first-order valence-corrected chi connectivity index (χ1v) is 10.1. The van der Waals surface area contributed by atoms with Crippen molar-refractivity contribution in [1.82, 2.24) is 9.97 Å². The number of halogens is 3. The van der Waals surface area contributed by atoms with Gasteiger partial charge in [-0.2, -0.15) is 18.2 Å². The molecule has 1 heterocycles. The van der Waals surface area contributed by atoms with E-state index in [-0.39, 0.29) is 0 Å². The van der Waals surface area contributed by atoms with Gasteiger partial charge in [-0.05, 0) is 42.2 Å². The minimum absolute atomic E-state index is 0.329. The summed E-state index contributed by atoms with van der Waals surface area (Å²) in [4.78, 5) is 8.73. The summed E-state index contributed by atoms with van der Waals surface area (Å²) >= 11 is 1.27. The topological polar surface area (TPSA) is 35.0 Å². The van der Waals surface area contributed by atoms with Crippen LogP contribution in [0.5, 0.6) is 11.6 Å². The van der Waals surface area contributed by atoms with Crippen LogP contribution < -0.4 is 4.74 Å². The van der Waals surface area contributed by atoms with E-state index >= 15 is 0 Å². The first-order valence-electron chi connectivity index (χ1n) is 9.13. The maximum atomic E-state index is 12.9. The van der Waals surface area contributed by atoms with E-state index in [1.54, 1.807) is 12.1 Å². The predicted molar refractivity (Wildman–Crippen MR) is 108 cm³/mol. The van der Waals surface area contributed by atoms with Crippen molar-refractivity contribution in [2.45, 2.75) is 43.8 Å². The molecule has 3 nitrogen and oxygen atoms in total. The number of hydrogen-bond acceptors (Lipinski definition) is 4. The fourth-order valence-corrected chi connectivity index (χ4v) is 3.50. The van der Waals surface area contributed by atoms with E-state index < -0.39 is 11.7 Å². The van der Waals surface area contributed by atoms with Crippen molar-refractivity contribution < 1.29 is 17.9 Å². The lowest BCUT2D eigenvalue weighted by molar-refractivity contribution is -0.137. The fourth-order valence-electron chi connectivity index (χ4n) is 2.66. The van der Waals surface area contributed by atoms with Crippen LogP contribution in [0.25, 0.3) is 0 Å². The molecule has 0 spiro atoms. The van der Waals surface area contributed by atoms with E-state index in [0.29, 0.717) is 34.0 Å². The van der Waals surface area contributed by atoms with Crippen molar-refractivity contribution >= 4 is 11.8 Å². The van der Waals surface area contributed by atoms with E-state index in [0.717, 1.165) is 17.8 Å². The molecule has 0 unspecified atom stereocenters. The Morgan fingerprint density at radius 3 is 2.38 bits per heavy atom. The summed E-state index contributed by atoms with van der Waals surface area (Å²) < 4.78 is 44.4. The van der Waals surface area contributed by atoms with Gasteiger partial charge < -0.3 is 4.74 Å². The minimum Gasteiger partial charge on any atom is -0.439 e. The Balaban J connectivity index is 1.71. The van der Waals surface area contributed by atoms with Gasteiger partial charge in [-0.1, -0.05) is 55.9 Å². The summed E-state index contributed by atoms with van der Waals surface area (Å²) in [6, 6.07) is 14.8. The quantitative estimate of drug-likeness (QED) is 0.318. The summed E-state index contributed by atoms with van der Waals surface area (Å²) in [6.07, 6.45) is -4.35. The van der Waals surface area contributed by atoms with Gasteiger partial charge in [-0.15, -0.1) is 0 Å². The number of hydrogen-bond donors (Lipinski definition) is 0. The number of aromatic nitrogens is 2. The van der Waals surface area contributed by atoms with Crippen molar-refractivity contribution in [3.8, 4) is 11.6 Å². The number of aryl methyl sites for hydroxylation is 1. The highest BCUT2D eigenvalue weighted by Crippen LogP contribution is 2.31. The third kappa shape index (κ3) is 5.97. The van der Waals surface area contributed by atoms with E-state index in [1.807, 2.05) is 31.2 Å². The number of ether oxygens (including phenoxy) is 1. The Morgan fingerprint density at radius 1 is 1.00 bits per heavy atom. The highest BCUT2D eigenvalue weighted by atomic mass is 32.2. The average Bonchev–Trinajstić information content (AvgIpc) is 2.66. The number of benzene rings is 2. The molecule has 0 saturated carbocycles. The molecule has 0 saturated heterocycles. The van der Waals surface area contributed by atoms with Gasteiger partial charge >= 0.3 is 6.18 Å². The summed E-state index contributed by atoms with van der Waals surface area (Å²) in [5.74, 6) is 1.84. The SMILES string of the molecule is Cc1cc(Oc2ccc(C(C)C)cc2)nc(SCc2cccc(C(F)(F)F)c2)n1. The highest BCUT2D eigenvalue weighted by molar-refractivity contribution is 7.98. The van der Waals surface area contributed by atoms with Gasteiger partial charge in [0.25, 0.3) is 0 Å². The monoisotopic (exact) mass is 418 g/mol. The molecule has 3 rings (SSSR count). The van der Waals surface area contributed by atoms with Crippen LogP contribution in [0.1, 0.15) is 42.1 Å². The Hall–Kier alpha value is -2.54. The van der Waals surface area contributed by atoms with Gasteiger partial charge in [0, 0.05) is 17.5 Å². The molecule has 2 aromatic carbocycles. The van der Waals surface area contributed by atoms with E-state index in [1.165, 1.54) is 23.4 Å². The molecule has 0 atom stereocenters. The molecule has 1 aromatic heterocycles. The van der Waals surface area contributed by atoms with Crippen molar-refractivity contribution in [3.63, 3.8) is 0 Å². The second-order valence-electron chi connectivity index (χ2n) is 6.94. The molecule has 0 radical (unpaired) electrons. The van der Waals surface area contributed by atoms with Crippen molar-refractivity contribution in [3.05, 3.63) is 77.0 Å². The largest absolute Gasteiger partial charge is 0.439 e. The zero-order valence-corrected chi connectivity index (χ0v) is 17.1. The third-order valence-corrected chi connectivity index (χ3v) is 5.12. The first-order chi connectivity index (χ1) is 13.7. The molecule has 0 amide bonds. The van der Waals surface area contributed by atoms with Gasteiger partial charge in [-0.25, -0.2) is 4.98 Å². The Morgan fingerprint density at radius 2 is 1.72 bits per heavy atom. The molecule has 0 bridgehead atoms. The van der Waals surface area contributed by atoms with E-state index in [9.17, 15) is 13.2 Å². The van der Waals surface area contributed by atoms with Gasteiger partial charge in [0.05, 0.1) is 5.56 Å². The predicted octanol–water partition coefficient (Wildman–Crippen LogP) is 7.01. The van der Waals surface area contributed by atoms with E-state index in [4.69, 9.17) is 4.74 Å². The minimum atomic E-state index is -4.35. The van der Waals surface area contributed by atoms with Crippen LogP contribution in [0.3, 0.4) is 0 Å². The van der Waals surface area contributed by atoms with E-state index in [2.05, 4.69) is 23.8 Å². The Kier molecular flexibility index (Phi) is 6.47. The van der Waals surface area contributed by atoms with Crippen LogP contribution in [0.2, 0.25) is 0 Å². The molecular formula is C22H21F3N2OS. The number of thioether (sulfide) groups is 1. The Bertz CT molecular complexity index is 973. The molecule has 152 valence electrons. The van der Waals surface area contributed by atoms with Crippen LogP contribution in [0, 0.1) is 6.92 Å². The molecule has 0 aliphatic heterocycles. The normalized spacial score (nSPS) is 11.7. The van der Waals surface area contributed by atoms with Crippen molar-refractivity contribution in [2.75, 3.05) is 0 Å². The van der Waals surface area contributed by atoms with Crippen LogP contribution in [0.4, 0.5) is 13.2 Å².